The Morgan fingerprint density at radius 1 is 1.56 bits per heavy atom. The first kappa shape index (κ1) is 12.1. The normalized spacial score (nSPS) is 21.1. The van der Waals surface area contributed by atoms with Crippen LogP contribution in [0.5, 0.6) is 0 Å². The molecule has 0 saturated carbocycles. The van der Waals surface area contributed by atoms with Crippen LogP contribution in [0, 0.1) is 0 Å². The van der Waals surface area contributed by atoms with Crippen LogP contribution in [0.4, 0.5) is 5.82 Å². The zero-order valence-corrected chi connectivity index (χ0v) is 11.1. The van der Waals surface area contributed by atoms with Gasteiger partial charge in [0, 0.05) is 36.2 Å². The van der Waals surface area contributed by atoms with E-state index in [4.69, 9.17) is 11.6 Å². The molecule has 0 radical (unpaired) electrons. The first-order chi connectivity index (χ1) is 7.83. The number of rotatable bonds is 3. The third kappa shape index (κ3) is 2.83. The van der Waals surface area contributed by atoms with E-state index < -0.39 is 0 Å². The van der Waals surface area contributed by atoms with Crippen molar-refractivity contribution in [3.63, 3.8) is 0 Å². The monoisotopic (exact) mass is 256 g/mol. The number of pyridine rings is 1. The van der Waals surface area contributed by atoms with Crippen LogP contribution in [0.25, 0.3) is 0 Å². The van der Waals surface area contributed by atoms with E-state index in [-0.39, 0.29) is 0 Å². The first-order valence-corrected chi connectivity index (χ1v) is 7.29. The Hall–Kier alpha value is -0.410. The van der Waals surface area contributed by atoms with Crippen LogP contribution in [-0.4, -0.2) is 29.1 Å². The molecule has 88 valence electrons. The Bertz CT molecular complexity index is 328. The summed E-state index contributed by atoms with van der Waals surface area (Å²) in [6, 6.07) is 4.15. The van der Waals surface area contributed by atoms with E-state index in [0.717, 1.165) is 29.7 Å². The highest BCUT2D eigenvalue weighted by atomic mass is 35.5. The third-order valence-electron chi connectivity index (χ3n) is 2.88. The summed E-state index contributed by atoms with van der Waals surface area (Å²) in [7, 11) is 0. The van der Waals surface area contributed by atoms with Gasteiger partial charge < -0.3 is 4.90 Å². The Labute approximate surface area is 106 Å². The summed E-state index contributed by atoms with van der Waals surface area (Å²) in [6.45, 7) is 4.48. The summed E-state index contributed by atoms with van der Waals surface area (Å²) >= 11 is 7.83. The quantitative estimate of drug-likeness (QED) is 0.773. The van der Waals surface area contributed by atoms with Gasteiger partial charge in [0.15, 0.2) is 0 Å². The Morgan fingerprint density at radius 2 is 2.44 bits per heavy atom. The van der Waals surface area contributed by atoms with Gasteiger partial charge >= 0.3 is 0 Å². The van der Waals surface area contributed by atoms with E-state index in [0.29, 0.717) is 5.88 Å². The van der Waals surface area contributed by atoms with Crippen molar-refractivity contribution in [2.45, 2.75) is 24.5 Å². The largest absolute Gasteiger partial charge is 0.355 e. The van der Waals surface area contributed by atoms with E-state index in [1.54, 1.807) is 0 Å². The van der Waals surface area contributed by atoms with Crippen molar-refractivity contribution in [2.24, 2.45) is 0 Å². The molecule has 0 bridgehead atoms. The molecule has 2 rings (SSSR count). The minimum atomic E-state index is 0.542. The second-order valence-electron chi connectivity index (χ2n) is 4.01. The summed E-state index contributed by atoms with van der Waals surface area (Å²) < 4.78 is 0. The lowest BCUT2D eigenvalue weighted by molar-refractivity contribution is 0.720. The van der Waals surface area contributed by atoms with Crippen LogP contribution in [0.2, 0.25) is 0 Å². The van der Waals surface area contributed by atoms with Gasteiger partial charge in [0.25, 0.3) is 0 Å². The summed E-state index contributed by atoms with van der Waals surface area (Å²) in [5.74, 6) is 2.84. The number of anilines is 1. The molecule has 0 spiro atoms. The topological polar surface area (TPSA) is 16.1 Å². The molecule has 1 aromatic rings. The number of halogens is 1. The lowest BCUT2D eigenvalue weighted by Gasteiger charge is -2.32. The van der Waals surface area contributed by atoms with Crippen molar-refractivity contribution in [1.29, 1.82) is 0 Å². The zero-order chi connectivity index (χ0) is 11.4. The van der Waals surface area contributed by atoms with Gasteiger partial charge in [0.1, 0.15) is 5.82 Å². The number of alkyl halides is 1. The van der Waals surface area contributed by atoms with Gasteiger partial charge in [0.2, 0.25) is 0 Å². The van der Waals surface area contributed by atoms with E-state index in [9.17, 15) is 0 Å². The molecule has 2 heterocycles. The minimum Gasteiger partial charge on any atom is -0.355 e. The SMILES string of the molecule is CCC1CN(c2ccc(CCl)cn2)CCS1. The molecule has 1 aliphatic rings. The summed E-state index contributed by atoms with van der Waals surface area (Å²) in [5, 5.41) is 0.753. The molecule has 1 fully saturated rings. The molecule has 0 N–H and O–H groups in total. The van der Waals surface area contributed by atoms with Gasteiger partial charge in [-0.3, -0.25) is 0 Å². The predicted octanol–water partition coefficient (Wildman–Crippen LogP) is 3.15. The van der Waals surface area contributed by atoms with Crippen molar-refractivity contribution in [3.05, 3.63) is 23.9 Å². The average Bonchev–Trinajstić information content (AvgIpc) is 2.39. The van der Waals surface area contributed by atoms with E-state index >= 15 is 0 Å². The van der Waals surface area contributed by atoms with Gasteiger partial charge in [-0.2, -0.15) is 11.8 Å². The van der Waals surface area contributed by atoms with Crippen molar-refractivity contribution in [3.8, 4) is 0 Å². The molecule has 2 nitrogen and oxygen atoms in total. The van der Waals surface area contributed by atoms with Crippen molar-refractivity contribution < 1.29 is 0 Å². The Balaban J connectivity index is 2.05. The molecule has 1 saturated heterocycles. The number of nitrogens with zero attached hydrogens (tertiary/aromatic N) is 2. The highest BCUT2D eigenvalue weighted by Gasteiger charge is 2.19. The van der Waals surface area contributed by atoms with Crippen LogP contribution >= 0.6 is 23.4 Å². The molecular formula is C12H17ClN2S. The van der Waals surface area contributed by atoms with Crippen LogP contribution in [-0.2, 0) is 5.88 Å². The number of hydrogen-bond acceptors (Lipinski definition) is 3. The van der Waals surface area contributed by atoms with Gasteiger partial charge in [-0.15, -0.1) is 11.6 Å². The molecule has 0 aliphatic carbocycles. The van der Waals surface area contributed by atoms with Crippen LogP contribution in [0.3, 0.4) is 0 Å². The van der Waals surface area contributed by atoms with Crippen LogP contribution in [0.15, 0.2) is 18.3 Å². The molecule has 0 amide bonds. The standard InChI is InChI=1S/C12H17ClN2S/c1-2-11-9-15(5-6-16-11)12-4-3-10(7-13)8-14-12/h3-4,8,11H,2,5-7,9H2,1H3. The lowest BCUT2D eigenvalue weighted by Crippen LogP contribution is -2.38. The molecule has 4 heteroatoms. The maximum atomic E-state index is 5.75. The summed E-state index contributed by atoms with van der Waals surface area (Å²) in [5.41, 5.74) is 1.09. The Kier molecular flexibility index (Phi) is 4.36. The third-order valence-corrected chi connectivity index (χ3v) is 4.56. The average molecular weight is 257 g/mol. The fraction of sp³-hybridized carbons (Fsp3) is 0.583. The molecular weight excluding hydrogens is 240 g/mol. The first-order valence-electron chi connectivity index (χ1n) is 5.71. The van der Waals surface area contributed by atoms with E-state index in [2.05, 4.69) is 40.7 Å². The maximum absolute atomic E-state index is 5.75. The second-order valence-corrected chi connectivity index (χ2v) is 5.68. The zero-order valence-electron chi connectivity index (χ0n) is 9.53. The maximum Gasteiger partial charge on any atom is 0.128 e. The van der Waals surface area contributed by atoms with Crippen molar-refractivity contribution in [2.75, 3.05) is 23.7 Å². The fourth-order valence-corrected chi connectivity index (χ4v) is 3.20. The predicted molar refractivity (Wildman–Crippen MR) is 72.5 cm³/mol. The van der Waals surface area contributed by atoms with Gasteiger partial charge in [-0.25, -0.2) is 4.98 Å². The smallest absolute Gasteiger partial charge is 0.128 e. The number of hydrogen-bond donors (Lipinski definition) is 0. The minimum absolute atomic E-state index is 0.542. The van der Waals surface area contributed by atoms with E-state index in [1.165, 1.54) is 12.2 Å². The summed E-state index contributed by atoms with van der Waals surface area (Å²) in [6.07, 6.45) is 3.12. The molecule has 1 unspecified atom stereocenters. The highest BCUT2D eigenvalue weighted by molar-refractivity contribution is 8.00. The second kappa shape index (κ2) is 5.78. The molecule has 1 aliphatic heterocycles. The van der Waals surface area contributed by atoms with E-state index in [1.807, 2.05) is 6.20 Å². The highest BCUT2D eigenvalue weighted by Crippen LogP contribution is 2.24. The Morgan fingerprint density at radius 3 is 3.06 bits per heavy atom. The lowest BCUT2D eigenvalue weighted by atomic mass is 10.2. The molecule has 1 atom stereocenters. The van der Waals surface area contributed by atoms with Crippen LogP contribution < -0.4 is 4.90 Å². The fourth-order valence-electron chi connectivity index (χ4n) is 1.86. The van der Waals surface area contributed by atoms with Crippen LogP contribution in [0.1, 0.15) is 18.9 Å². The molecule has 0 aromatic carbocycles. The van der Waals surface area contributed by atoms with Gasteiger partial charge in [0.05, 0.1) is 0 Å². The number of aromatic nitrogens is 1. The van der Waals surface area contributed by atoms with Gasteiger partial charge in [-0.1, -0.05) is 13.0 Å². The molecule has 1 aromatic heterocycles. The summed E-state index contributed by atoms with van der Waals surface area (Å²) in [4.78, 5) is 6.85. The number of thioether (sulfide) groups is 1. The van der Waals surface area contributed by atoms with Crippen molar-refractivity contribution >= 4 is 29.2 Å². The van der Waals surface area contributed by atoms with Gasteiger partial charge in [-0.05, 0) is 18.1 Å². The molecule has 16 heavy (non-hydrogen) atoms. The van der Waals surface area contributed by atoms with Crippen molar-refractivity contribution in [1.82, 2.24) is 4.98 Å².